The summed E-state index contributed by atoms with van der Waals surface area (Å²) >= 11 is 0. The molecule has 0 saturated heterocycles. The minimum atomic E-state index is 0.327. The molecular weight excluding hydrogens is 206 g/mol. The summed E-state index contributed by atoms with van der Waals surface area (Å²) < 4.78 is 0. The molecule has 0 bridgehead atoms. The molecule has 0 atom stereocenters. The Bertz CT molecular complexity index is 444. The van der Waals surface area contributed by atoms with Crippen molar-refractivity contribution in [2.45, 2.75) is 19.8 Å². The van der Waals surface area contributed by atoms with E-state index in [1.165, 1.54) is 5.56 Å². The second kappa shape index (κ2) is 4.65. The van der Waals surface area contributed by atoms with Crippen molar-refractivity contribution in [2.75, 3.05) is 17.6 Å². The number of anilines is 2. The fraction of sp³-hybridized carbons (Fsp3) is 0.444. The van der Waals surface area contributed by atoms with Crippen molar-refractivity contribution in [1.82, 2.24) is 25.4 Å². The molecule has 0 amide bonds. The lowest BCUT2D eigenvalue weighted by Gasteiger charge is -2.01. The monoisotopic (exact) mass is 221 g/mol. The van der Waals surface area contributed by atoms with Crippen molar-refractivity contribution in [1.29, 1.82) is 0 Å². The third-order valence-corrected chi connectivity index (χ3v) is 2.34. The van der Waals surface area contributed by atoms with E-state index in [1.807, 2.05) is 13.1 Å². The topological polar surface area (TPSA) is 108 Å². The van der Waals surface area contributed by atoms with E-state index in [0.29, 0.717) is 11.9 Å². The summed E-state index contributed by atoms with van der Waals surface area (Å²) in [6, 6.07) is 0. The maximum absolute atomic E-state index is 5.40. The summed E-state index contributed by atoms with van der Waals surface area (Å²) in [6.07, 6.45) is 3.84. The van der Waals surface area contributed by atoms with Crippen LogP contribution in [-0.4, -0.2) is 31.9 Å². The van der Waals surface area contributed by atoms with E-state index in [-0.39, 0.29) is 0 Å². The first-order chi connectivity index (χ1) is 7.75. The zero-order valence-electron chi connectivity index (χ0n) is 9.12. The number of nitrogen functional groups attached to an aromatic ring is 1. The number of nitrogens with one attached hydrogen (secondary N) is 3. The number of aryl methyl sites for hydroxylation is 2. The first-order valence-electron chi connectivity index (χ1n) is 5.16. The van der Waals surface area contributed by atoms with Gasteiger partial charge in [0.25, 0.3) is 0 Å². The van der Waals surface area contributed by atoms with Gasteiger partial charge in [0.2, 0.25) is 11.9 Å². The standard InChI is InChI=1S/C9H15N7/c1-6-7(5-12-14-6)3-2-4-11-9-13-8(10)15-16-9/h5H,2-4H2,1H3,(H,12,14)(H4,10,11,13,15,16). The molecule has 7 nitrogen and oxygen atoms in total. The lowest BCUT2D eigenvalue weighted by molar-refractivity contribution is 0.848. The van der Waals surface area contributed by atoms with Crippen molar-refractivity contribution in [3.8, 4) is 0 Å². The summed E-state index contributed by atoms with van der Waals surface area (Å²) in [5.41, 5.74) is 7.77. The minimum Gasteiger partial charge on any atom is -0.368 e. The smallest absolute Gasteiger partial charge is 0.243 e. The molecule has 2 aromatic rings. The SMILES string of the molecule is Cc1[nH]ncc1CCCNc1n[nH]c(N)n1. The quantitative estimate of drug-likeness (QED) is 0.549. The van der Waals surface area contributed by atoms with E-state index in [1.54, 1.807) is 0 Å². The number of hydrogen-bond donors (Lipinski definition) is 4. The van der Waals surface area contributed by atoms with Crippen LogP contribution in [0.3, 0.4) is 0 Å². The maximum Gasteiger partial charge on any atom is 0.243 e. The van der Waals surface area contributed by atoms with Crippen molar-refractivity contribution >= 4 is 11.9 Å². The largest absolute Gasteiger partial charge is 0.368 e. The predicted molar refractivity (Wildman–Crippen MR) is 60.9 cm³/mol. The fourth-order valence-electron chi connectivity index (χ4n) is 1.46. The number of H-pyrrole nitrogens is 2. The Morgan fingerprint density at radius 2 is 2.31 bits per heavy atom. The Labute approximate surface area is 92.9 Å². The average Bonchev–Trinajstić information content (AvgIpc) is 2.83. The number of nitrogens with two attached hydrogens (primary N) is 1. The van der Waals surface area contributed by atoms with Gasteiger partial charge in [0, 0.05) is 12.2 Å². The van der Waals surface area contributed by atoms with Crippen LogP contribution in [0.2, 0.25) is 0 Å². The molecule has 7 heteroatoms. The first-order valence-corrected chi connectivity index (χ1v) is 5.16. The summed E-state index contributed by atoms with van der Waals surface area (Å²) in [4.78, 5) is 3.94. The van der Waals surface area contributed by atoms with E-state index < -0.39 is 0 Å². The highest BCUT2D eigenvalue weighted by Gasteiger charge is 2.01. The Morgan fingerprint density at radius 1 is 1.44 bits per heavy atom. The highest BCUT2D eigenvalue weighted by molar-refractivity contribution is 5.29. The molecule has 2 heterocycles. The Hall–Kier alpha value is -2.05. The van der Waals surface area contributed by atoms with Gasteiger partial charge in [0.05, 0.1) is 6.20 Å². The third-order valence-electron chi connectivity index (χ3n) is 2.34. The van der Waals surface area contributed by atoms with Crippen LogP contribution in [-0.2, 0) is 6.42 Å². The molecule has 0 unspecified atom stereocenters. The van der Waals surface area contributed by atoms with Crippen LogP contribution in [0.15, 0.2) is 6.20 Å². The molecule has 2 aromatic heterocycles. The van der Waals surface area contributed by atoms with Gasteiger partial charge in [-0.1, -0.05) is 0 Å². The number of hydrogen-bond acceptors (Lipinski definition) is 5. The average molecular weight is 221 g/mol. The van der Waals surface area contributed by atoms with Gasteiger partial charge >= 0.3 is 0 Å². The predicted octanol–water partition coefficient (Wildman–Crippen LogP) is 0.463. The molecule has 5 N–H and O–H groups in total. The molecule has 0 aromatic carbocycles. The lowest BCUT2D eigenvalue weighted by atomic mass is 10.1. The fourth-order valence-corrected chi connectivity index (χ4v) is 1.46. The second-order valence-electron chi connectivity index (χ2n) is 3.59. The molecule has 0 aliphatic rings. The van der Waals surface area contributed by atoms with Crippen LogP contribution in [0.5, 0.6) is 0 Å². The Morgan fingerprint density at radius 3 is 2.94 bits per heavy atom. The van der Waals surface area contributed by atoms with E-state index in [0.717, 1.165) is 25.1 Å². The van der Waals surface area contributed by atoms with Gasteiger partial charge < -0.3 is 11.1 Å². The highest BCUT2D eigenvalue weighted by atomic mass is 15.3. The molecule has 0 spiro atoms. The van der Waals surface area contributed by atoms with Crippen molar-refractivity contribution in [3.63, 3.8) is 0 Å². The normalized spacial score (nSPS) is 10.6. The van der Waals surface area contributed by atoms with Gasteiger partial charge in [-0.3, -0.25) is 5.10 Å². The van der Waals surface area contributed by atoms with E-state index in [4.69, 9.17) is 5.73 Å². The summed E-state index contributed by atoms with van der Waals surface area (Å²) in [5, 5.41) is 16.4. The van der Waals surface area contributed by atoms with Crippen LogP contribution in [0, 0.1) is 6.92 Å². The molecule has 0 saturated carbocycles. The van der Waals surface area contributed by atoms with Crippen molar-refractivity contribution in [2.24, 2.45) is 0 Å². The lowest BCUT2D eigenvalue weighted by Crippen LogP contribution is -2.04. The summed E-state index contributed by atoms with van der Waals surface area (Å²) in [5.74, 6) is 0.870. The molecule has 16 heavy (non-hydrogen) atoms. The molecule has 0 aliphatic heterocycles. The van der Waals surface area contributed by atoms with Crippen LogP contribution in [0.25, 0.3) is 0 Å². The molecule has 0 fully saturated rings. The Balaban J connectivity index is 1.71. The summed E-state index contributed by atoms with van der Waals surface area (Å²) in [7, 11) is 0. The maximum atomic E-state index is 5.40. The van der Waals surface area contributed by atoms with Crippen molar-refractivity contribution in [3.05, 3.63) is 17.5 Å². The van der Waals surface area contributed by atoms with Crippen LogP contribution >= 0.6 is 0 Å². The van der Waals surface area contributed by atoms with Crippen LogP contribution in [0.4, 0.5) is 11.9 Å². The van der Waals surface area contributed by atoms with E-state index >= 15 is 0 Å². The molecular formula is C9H15N7. The van der Waals surface area contributed by atoms with Crippen LogP contribution in [0.1, 0.15) is 17.7 Å². The van der Waals surface area contributed by atoms with Gasteiger partial charge in [0.15, 0.2) is 0 Å². The highest BCUT2D eigenvalue weighted by Crippen LogP contribution is 2.06. The summed E-state index contributed by atoms with van der Waals surface area (Å²) in [6.45, 7) is 2.83. The number of aromatic amines is 2. The van der Waals surface area contributed by atoms with Crippen LogP contribution < -0.4 is 11.1 Å². The first kappa shape index (κ1) is 10.5. The number of rotatable bonds is 5. The van der Waals surface area contributed by atoms with E-state index in [2.05, 4.69) is 30.7 Å². The second-order valence-corrected chi connectivity index (χ2v) is 3.59. The molecule has 2 rings (SSSR count). The zero-order chi connectivity index (χ0) is 11.4. The van der Waals surface area contributed by atoms with Gasteiger partial charge in [-0.2, -0.15) is 10.1 Å². The molecule has 0 radical (unpaired) electrons. The molecule has 0 aliphatic carbocycles. The van der Waals surface area contributed by atoms with E-state index in [9.17, 15) is 0 Å². The molecule has 86 valence electrons. The van der Waals surface area contributed by atoms with Gasteiger partial charge in [0.1, 0.15) is 0 Å². The van der Waals surface area contributed by atoms with Gasteiger partial charge in [-0.05, 0) is 25.3 Å². The number of nitrogens with zero attached hydrogens (tertiary/aromatic N) is 3. The third kappa shape index (κ3) is 2.50. The van der Waals surface area contributed by atoms with Crippen molar-refractivity contribution < 1.29 is 0 Å². The van der Waals surface area contributed by atoms with Gasteiger partial charge in [-0.15, -0.1) is 5.10 Å². The Kier molecular flexibility index (Phi) is 3.04. The number of aromatic nitrogens is 5. The zero-order valence-corrected chi connectivity index (χ0v) is 9.12. The van der Waals surface area contributed by atoms with Gasteiger partial charge in [-0.25, -0.2) is 5.10 Å². The minimum absolute atomic E-state index is 0.327.